The second-order valence-electron chi connectivity index (χ2n) is 4.49. The van der Waals surface area contributed by atoms with Gasteiger partial charge in [-0.05, 0) is 34.5 Å². The fraction of sp³-hybridized carbons (Fsp3) is 0.417. The Labute approximate surface area is 121 Å². The van der Waals surface area contributed by atoms with Crippen molar-refractivity contribution in [1.82, 2.24) is 5.32 Å². The third kappa shape index (κ3) is 2.17. The van der Waals surface area contributed by atoms with Crippen molar-refractivity contribution in [3.8, 4) is 0 Å². The molecule has 0 aromatic heterocycles. The van der Waals surface area contributed by atoms with Crippen LogP contribution in [0.15, 0.2) is 10.5 Å². The molecule has 1 saturated heterocycles. The van der Waals surface area contributed by atoms with E-state index in [1.165, 1.54) is 0 Å². The van der Waals surface area contributed by atoms with E-state index < -0.39 is 0 Å². The number of nitrogens with zero attached hydrogens (tertiary/aromatic N) is 2. The smallest absolute Gasteiger partial charge is 0.195 e. The Morgan fingerprint density at radius 2 is 2.17 bits per heavy atom. The van der Waals surface area contributed by atoms with Gasteiger partial charge in [-0.3, -0.25) is 5.41 Å². The fourth-order valence-electron chi connectivity index (χ4n) is 2.19. The van der Waals surface area contributed by atoms with Crippen LogP contribution in [0.1, 0.15) is 5.56 Å². The van der Waals surface area contributed by atoms with E-state index in [2.05, 4.69) is 28.2 Å². The van der Waals surface area contributed by atoms with Gasteiger partial charge in [0.05, 0.1) is 15.2 Å². The molecule has 6 heteroatoms. The third-order valence-electron chi connectivity index (χ3n) is 3.07. The predicted molar refractivity (Wildman–Crippen MR) is 81.3 cm³/mol. The highest BCUT2D eigenvalue weighted by molar-refractivity contribution is 9.10. The van der Waals surface area contributed by atoms with Crippen molar-refractivity contribution in [2.45, 2.75) is 6.92 Å². The number of rotatable bonds is 2. The Morgan fingerprint density at radius 1 is 1.50 bits per heavy atom. The Balaban J connectivity index is 2.61. The van der Waals surface area contributed by atoms with Crippen molar-refractivity contribution in [1.29, 1.82) is 5.41 Å². The lowest BCUT2D eigenvalue weighted by molar-refractivity contribution is 0.969. The third-order valence-corrected chi connectivity index (χ3v) is 4.40. The van der Waals surface area contributed by atoms with Crippen LogP contribution >= 0.6 is 27.5 Å². The van der Waals surface area contributed by atoms with Crippen LogP contribution in [0.25, 0.3) is 0 Å². The predicted octanol–water partition coefficient (Wildman–Crippen LogP) is 2.82. The molecule has 0 atom stereocenters. The molecule has 0 bridgehead atoms. The average Bonchev–Trinajstić information content (AvgIpc) is 2.70. The summed E-state index contributed by atoms with van der Waals surface area (Å²) in [5.74, 6) is 0.422. The highest BCUT2D eigenvalue weighted by atomic mass is 79.9. The van der Waals surface area contributed by atoms with Crippen LogP contribution in [0.4, 0.5) is 11.4 Å². The van der Waals surface area contributed by atoms with Gasteiger partial charge in [-0.15, -0.1) is 0 Å². The van der Waals surface area contributed by atoms with Crippen LogP contribution in [-0.2, 0) is 0 Å². The van der Waals surface area contributed by atoms with Gasteiger partial charge in [-0.2, -0.15) is 0 Å². The zero-order chi connectivity index (χ0) is 13.4. The number of guanidine groups is 1. The summed E-state index contributed by atoms with van der Waals surface area (Å²) in [6.07, 6.45) is 0. The van der Waals surface area contributed by atoms with Crippen LogP contribution in [0.5, 0.6) is 0 Å². The van der Waals surface area contributed by atoms with E-state index in [-0.39, 0.29) is 0 Å². The lowest BCUT2D eigenvalue weighted by Crippen LogP contribution is -2.30. The van der Waals surface area contributed by atoms with Gasteiger partial charge < -0.3 is 15.1 Å². The number of hydrogen-bond acceptors (Lipinski definition) is 2. The normalized spacial score (nSPS) is 14.9. The van der Waals surface area contributed by atoms with Crippen molar-refractivity contribution in [2.24, 2.45) is 0 Å². The molecule has 0 saturated carbocycles. The molecule has 0 aliphatic carbocycles. The van der Waals surface area contributed by atoms with Gasteiger partial charge in [0.2, 0.25) is 0 Å². The Kier molecular flexibility index (Phi) is 3.73. The summed E-state index contributed by atoms with van der Waals surface area (Å²) in [5.41, 5.74) is 3.16. The first-order chi connectivity index (χ1) is 8.43. The van der Waals surface area contributed by atoms with E-state index >= 15 is 0 Å². The van der Waals surface area contributed by atoms with Crippen molar-refractivity contribution in [3.63, 3.8) is 0 Å². The van der Waals surface area contributed by atoms with Gasteiger partial charge in [0.15, 0.2) is 5.96 Å². The largest absolute Gasteiger partial charge is 0.377 e. The van der Waals surface area contributed by atoms with Gasteiger partial charge in [0, 0.05) is 32.9 Å². The molecular formula is C12H16BrClN4. The van der Waals surface area contributed by atoms with Gasteiger partial charge in [0.1, 0.15) is 0 Å². The number of hydrogen-bond donors (Lipinski definition) is 2. The van der Waals surface area contributed by atoms with Gasteiger partial charge >= 0.3 is 0 Å². The average molecular weight is 332 g/mol. The van der Waals surface area contributed by atoms with Gasteiger partial charge in [-0.1, -0.05) is 11.6 Å². The molecule has 18 heavy (non-hydrogen) atoms. The minimum atomic E-state index is 0.422. The maximum absolute atomic E-state index is 7.92. The molecule has 2 rings (SSSR count). The fourth-order valence-corrected chi connectivity index (χ4v) is 3.01. The first-order valence-corrected chi connectivity index (χ1v) is 6.86. The van der Waals surface area contributed by atoms with E-state index in [0.717, 1.165) is 34.5 Å². The highest BCUT2D eigenvalue weighted by Crippen LogP contribution is 2.41. The van der Waals surface area contributed by atoms with Crippen LogP contribution in [0.3, 0.4) is 0 Å². The standard InChI is InChI=1S/C12H16BrClN4/c1-7-9(17(2)3)6-8(14)10(13)11(7)18-5-4-16-12(18)15/h6H,4-5H2,1-3H3,(H2,15,16). The van der Waals surface area contributed by atoms with Gasteiger partial charge in [0.25, 0.3) is 0 Å². The van der Waals surface area contributed by atoms with Gasteiger partial charge in [-0.25, -0.2) is 0 Å². The molecule has 0 radical (unpaired) electrons. The molecule has 2 N–H and O–H groups in total. The molecule has 1 fully saturated rings. The summed E-state index contributed by atoms with van der Waals surface area (Å²) in [6, 6.07) is 1.94. The molecular weight excluding hydrogens is 316 g/mol. The van der Waals surface area contributed by atoms with E-state index in [4.69, 9.17) is 17.0 Å². The van der Waals surface area contributed by atoms with Crippen LogP contribution in [-0.4, -0.2) is 33.1 Å². The zero-order valence-corrected chi connectivity index (χ0v) is 13.0. The van der Waals surface area contributed by atoms with Crippen LogP contribution in [0.2, 0.25) is 5.02 Å². The first-order valence-electron chi connectivity index (χ1n) is 5.69. The van der Waals surface area contributed by atoms with E-state index in [1.807, 2.05) is 30.0 Å². The summed E-state index contributed by atoms with van der Waals surface area (Å²) in [7, 11) is 3.98. The molecule has 1 aliphatic heterocycles. The highest BCUT2D eigenvalue weighted by Gasteiger charge is 2.25. The summed E-state index contributed by atoms with van der Waals surface area (Å²) in [4.78, 5) is 3.97. The van der Waals surface area contributed by atoms with E-state index in [0.29, 0.717) is 11.0 Å². The van der Waals surface area contributed by atoms with Crippen molar-refractivity contribution < 1.29 is 0 Å². The molecule has 1 aromatic carbocycles. The zero-order valence-electron chi connectivity index (χ0n) is 10.6. The molecule has 0 amide bonds. The van der Waals surface area contributed by atoms with Crippen molar-refractivity contribution in [3.05, 3.63) is 21.1 Å². The second-order valence-corrected chi connectivity index (χ2v) is 5.69. The quantitative estimate of drug-likeness (QED) is 0.876. The molecule has 0 spiro atoms. The van der Waals surface area contributed by atoms with E-state index in [9.17, 15) is 0 Å². The molecule has 1 aliphatic rings. The van der Waals surface area contributed by atoms with Crippen molar-refractivity contribution in [2.75, 3.05) is 37.0 Å². The lowest BCUT2D eigenvalue weighted by atomic mass is 10.1. The number of anilines is 2. The second kappa shape index (κ2) is 4.97. The maximum atomic E-state index is 7.92. The SMILES string of the molecule is Cc1c(N(C)C)cc(Cl)c(Br)c1N1CCNC1=N. The molecule has 1 heterocycles. The number of halogens is 2. The summed E-state index contributed by atoms with van der Waals surface area (Å²) in [5, 5.41) is 11.6. The minimum Gasteiger partial charge on any atom is -0.377 e. The Hall–Kier alpha value is -0.940. The Bertz CT molecular complexity index is 501. The lowest BCUT2D eigenvalue weighted by Gasteiger charge is -2.26. The molecule has 0 unspecified atom stereocenters. The first kappa shape index (κ1) is 13.5. The van der Waals surface area contributed by atoms with E-state index in [1.54, 1.807) is 0 Å². The monoisotopic (exact) mass is 330 g/mol. The van der Waals surface area contributed by atoms with Crippen LogP contribution < -0.4 is 15.1 Å². The van der Waals surface area contributed by atoms with Crippen LogP contribution in [0, 0.1) is 12.3 Å². The number of nitrogens with one attached hydrogen (secondary N) is 2. The summed E-state index contributed by atoms with van der Waals surface area (Å²) in [6.45, 7) is 3.62. The molecule has 4 nitrogen and oxygen atoms in total. The summed E-state index contributed by atoms with van der Waals surface area (Å²) < 4.78 is 0.848. The minimum absolute atomic E-state index is 0.422. The Morgan fingerprint density at radius 3 is 2.67 bits per heavy atom. The maximum Gasteiger partial charge on any atom is 0.195 e. The molecule has 1 aromatic rings. The molecule has 98 valence electrons. The van der Waals surface area contributed by atoms with Crippen molar-refractivity contribution >= 4 is 44.9 Å². The topological polar surface area (TPSA) is 42.4 Å². The summed E-state index contributed by atoms with van der Waals surface area (Å²) >= 11 is 9.81. The number of benzene rings is 1.